The van der Waals surface area contributed by atoms with Crippen molar-refractivity contribution in [3.8, 4) is 56.0 Å². The number of aromatic nitrogens is 1. The highest BCUT2D eigenvalue weighted by atomic mass is 16.3. The van der Waals surface area contributed by atoms with Gasteiger partial charge < -0.3 is 13.7 Å². The van der Waals surface area contributed by atoms with Gasteiger partial charge in [-0.05, 0) is 99.6 Å². The molecule has 0 saturated carbocycles. The fraction of sp³-hybridized carbons (Fsp3) is 0. The molecule has 0 bridgehead atoms. The number of para-hydroxylation sites is 1. The van der Waals surface area contributed by atoms with Crippen molar-refractivity contribution in [2.75, 3.05) is 4.90 Å². The van der Waals surface area contributed by atoms with Crippen LogP contribution in [-0.4, -0.2) is 4.98 Å². The van der Waals surface area contributed by atoms with Gasteiger partial charge in [0.1, 0.15) is 16.7 Å². The van der Waals surface area contributed by atoms with Crippen molar-refractivity contribution in [3.05, 3.63) is 231 Å². The van der Waals surface area contributed by atoms with Gasteiger partial charge >= 0.3 is 0 Å². The maximum atomic E-state index is 6.91. The van der Waals surface area contributed by atoms with E-state index < -0.39 is 0 Å². The van der Waals surface area contributed by atoms with Crippen LogP contribution < -0.4 is 4.90 Å². The van der Waals surface area contributed by atoms with Gasteiger partial charge in [-0.2, -0.15) is 0 Å². The molecule has 63 heavy (non-hydrogen) atoms. The van der Waals surface area contributed by atoms with Crippen LogP contribution in [0, 0.1) is 0 Å². The zero-order valence-corrected chi connectivity index (χ0v) is 34.2. The summed E-state index contributed by atoms with van der Waals surface area (Å²) in [5.74, 6) is 0.595. The minimum absolute atomic E-state index is 0.595. The van der Waals surface area contributed by atoms with Gasteiger partial charge in [-0.25, -0.2) is 4.98 Å². The minimum atomic E-state index is 0.595. The molecule has 0 N–H and O–H groups in total. The van der Waals surface area contributed by atoms with Crippen molar-refractivity contribution in [1.82, 2.24) is 4.98 Å². The second-order valence-corrected chi connectivity index (χ2v) is 15.9. The summed E-state index contributed by atoms with van der Waals surface area (Å²) in [4.78, 5) is 7.35. The summed E-state index contributed by atoms with van der Waals surface area (Å²) in [6.07, 6.45) is 0. The van der Waals surface area contributed by atoms with E-state index in [1.165, 1.54) is 5.56 Å². The highest BCUT2D eigenvalue weighted by Crippen LogP contribution is 2.48. The molecule has 0 aliphatic rings. The van der Waals surface area contributed by atoms with Crippen LogP contribution in [0.3, 0.4) is 0 Å². The Morgan fingerprint density at radius 1 is 0.333 bits per heavy atom. The summed E-state index contributed by atoms with van der Waals surface area (Å²) < 4.78 is 13.5. The van der Waals surface area contributed by atoms with Crippen molar-refractivity contribution in [2.24, 2.45) is 0 Å². The Balaban J connectivity index is 1.13. The topological polar surface area (TPSA) is 42.4 Å². The highest BCUT2D eigenvalue weighted by Gasteiger charge is 2.24. The molecule has 12 aromatic rings. The molecular weight excluding hydrogens is 769 g/mol. The van der Waals surface area contributed by atoms with Gasteiger partial charge in [-0.3, -0.25) is 0 Å². The second-order valence-electron chi connectivity index (χ2n) is 15.9. The Morgan fingerprint density at radius 2 is 0.873 bits per heavy atom. The Bertz CT molecular complexity index is 3540. The van der Waals surface area contributed by atoms with E-state index >= 15 is 0 Å². The Morgan fingerprint density at radius 3 is 1.52 bits per heavy atom. The molecule has 0 spiro atoms. The number of furan rings is 1. The summed E-state index contributed by atoms with van der Waals surface area (Å²) in [6.45, 7) is 0. The number of benzene rings is 10. The standard InChI is InChI=1S/C59H38N2O2/c1-5-17-39(18-6-1)42-31-33-46(34-32-42)61(47-36-44(40-19-7-2-8-20-40)35-45(37-47)41-21-9-3-10-22-41)54-38-52-56-49(27-16-30-55(56)62-57(52)50-26-14-13-25-48(50)54)51-28-15-29-53-58(51)63-59(60-53)43-23-11-4-12-24-43/h1-38H. The third-order valence-corrected chi connectivity index (χ3v) is 12.1. The van der Waals surface area contributed by atoms with Crippen molar-refractivity contribution in [1.29, 1.82) is 0 Å². The largest absolute Gasteiger partial charge is 0.455 e. The van der Waals surface area contributed by atoms with Crippen LogP contribution in [0.25, 0.3) is 99.8 Å². The first-order valence-electron chi connectivity index (χ1n) is 21.3. The van der Waals surface area contributed by atoms with E-state index in [-0.39, 0.29) is 0 Å². The van der Waals surface area contributed by atoms with E-state index in [0.717, 1.165) is 105 Å². The van der Waals surface area contributed by atoms with E-state index in [1.807, 2.05) is 36.4 Å². The third kappa shape index (κ3) is 6.44. The van der Waals surface area contributed by atoms with Crippen molar-refractivity contribution in [3.63, 3.8) is 0 Å². The summed E-state index contributed by atoms with van der Waals surface area (Å²) in [5.41, 5.74) is 16.1. The van der Waals surface area contributed by atoms with Crippen LogP contribution in [0.15, 0.2) is 239 Å². The molecular formula is C59H38N2O2. The van der Waals surface area contributed by atoms with E-state index in [2.05, 4.69) is 199 Å². The Hall–Kier alpha value is -8.47. The molecule has 0 radical (unpaired) electrons. The molecule has 10 aromatic carbocycles. The number of nitrogens with zero attached hydrogens (tertiary/aromatic N) is 2. The third-order valence-electron chi connectivity index (χ3n) is 12.1. The molecule has 0 aliphatic heterocycles. The van der Waals surface area contributed by atoms with Gasteiger partial charge in [0.05, 0.1) is 5.69 Å². The fourth-order valence-electron chi connectivity index (χ4n) is 9.10. The fourth-order valence-corrected chi connectivity index (χ4v) is 9.10. The van der Waals surface area contributed by atoms with Crippen molar-refractivity contribution < 1.29 is 8.83 Å². The SMILES string of the molecule is c1ccc(-c2ccc(N(c3cc(-c4ccccc4)cc(-c4ccccc4)c3)c3cc4c(oc5cccc(-c6cccc7nc(-c8ccccc8)oc67)c54)c4ccccc34)cc2)cc1. The van der Waals surface area contributed by atoms with Crippen molar-refractivity contribution >= 4 is 60.9 Å². The number of fused-ring (bicyclic) bond motifs is 6. The highest BCUT2D eigenvalue weighted by molar-refractivity contribution is 6.23. The molecule has 4 nitrogen and oxygen atoms in total. The molecule has 0 saturated heterocycles. The van der Waals surface area contributed by atoms with Crippen LogP contribution in [-0.2, 0) is 0 Å². The van der Waals surface area contributed by atoms with Crippen LogP contribution in [0.4, 0.5) is 17.1 Å². The van der Waals surface area contributed by atoms with Crippen molar-refractivity contribution in [2.45, 2.75) is 0 Å². The molecule has 0 fully saturated rings. The normalized spacial score (nSPS) is 11.5. The molecule has 0 atom stereocenters. The monoisotopic (exact) mass is 806 g/mol. The molecule has 0 amide bonds. The number of anilines is 3. The van der Waals surface area contributed by atoms with Gasteiger partial charge in [0.2, 0.25) is 5.89 Å². The van der Waals surface area contributed by atoms with Crippen LogP contribution in [0.1, 0.15) is 0 Å². The van der Waals surface area contributed by atoms with Gasteiger partial charge in [-0.15, -0.1) is 0 Å². The summed E-state index contributed by atoms with van der Waals surface area (Å²) >= 11 is 0. The Kier molecular flexibility index (Phi) is 8.79. The molecule has 0 aliphatic carbocycles. The Labute approximate surface area is 364 Å². The van der Waals surface area contributed by atoms with E-state index in [4.69, 9.17) is 13.8 Å². The molecule has 296 valence electrons. The molecule has 12 rings (SSSR count). The minimum Gasteiger partial charge on any atom is -0.455 e. The maximum absolute atomic E-state index is 6.91. The van der Waals surface area contributed by atoms with Crippen LogP contribution in [0.2, 0.25) is 0 Å². The lowest BCUT2D eigenvalue weighted by atomic mass is 9.95. The average molecular weight is 807 g/mol. The predicted octanol–water partition coefficient (Wildman–Crippen LogP) is 16.7. The number of rotatable bonds is 8. The maximum Gasteiger partial charge on any atom is 0.227 e. The van der Waals surface area contributed by atoms with Crippen LogP contribution in [0.5, 0.6) is 0 Å². The average Bonchev–Trinajstić information content (AvgIpc) is 3.98. The first kappa shape index (κ1) is 36.4. The lowest BCUT2D eigenvalue weighted by Gasteiger charge is -2.28. The first-order chi connectivity index (χ1) is 31.2. The smallest absolute Gasteiger partial charge is 0.227 e. The van der Waals surface area contributed by atoms with E-state index in [9.17, 15) is 0 Å². The zero-order valence-electron chi connectivity index (χ0n) is 34.2. The zero-order chi connectivity index (χ0) is 41.7. The second kappa shape index (κ2) is 15.2. The summed E-state index contributed by atoms with van der Waals surface area (Å²) in [5, 5.41) is 4.15. The number of hydrogen-bond donors (Lipinski definition) is 0. The molecule has 4 heteroatoms. The van der Waals surface area contributed by atoms with E-state index in [1.54, 1.807) is 0 Å². The van der Waals surface area contributed by atoms with Crippen LogP contribution >= 0.6 is 0 Å². The first-order valence-corrected chi connectivity index (χ1v) is 21.3. The molecule has 0 unspecified atom stereocenters. The number of hydrogen-bond acceptors (Lipinski definition) is 4. The lowest BCUT2D eigenvalue weighted by Crippen LogP contribution is -2.11. The van der Waals surface area contributed by atoms with Gasteiger partial charge in [0.25, 0.3) is 0 Å². The molecule has 2 aromatic heterocycles. The predicted molar refractivity (Wildman–Crippen MR) is 261 cm³/mol. The lowest BCUT2D eigenvalue weighted by molar-refractivity contribution is 0.621. The summed E-state index contributed by atoms with van der Waals surface area (Å²) in [7, 11) is 0. The number of oxazole rings is 1. The quantitative estimate of drug-likeness (QED) is 0.153. The van der Waals surface area contributed by atoms with Gasteiger partial charge in [0.15, 0.2) is 5.58 Å². The van der Waals surface area contributed by atoms with E-state index in [0.29, 0.717) is 5.89 Å². The molecule has 2 heterocycles. The van der Waals surface area contributed by atoms with Gasteiger partial charge in [0, 0.05) is 44.0 Å². The summed E-state index contributed by atoms with van der Waals surface area (Å²) in [6, 6.07) is 81.3. The van der Waals surface area contributed by atoms with Gasteiger partial charge in [-0.1, -0.05) is 170 Å².